The van der Waals surface area contributed by atoms with Gasteiger partial charge in [-0.3, -0.25) is 14.4 Å². The molecular weight excluding hydrogens is 390 g/mol. The molecule has 0 radical (unpaired) electrons. The van der Waals surface area contributed by atoms with Crippen LogP contribution >= 0.6 is 0 Å². The molecule has 1 amide bonds. The zero-order chi connectivity index (χ0) is 22.4. The van der Waals surface area contributed by atoms with Gasteiger partial charge in [0.2, 0.25) is 5.91 Å². The molecule has 3 rings (SSSR count). The van der Waals surface area contributed by atoms with Crippen molar-refractivity contribution in [3.63, 3.8) is 0 Å². The van der Waals surface area contributed by atoms with Crippen LogP contribution in [0, 0.1) is 11.8 Å². The maximum absolute atomic E-state index is 12.6. The fourth-order valence-electron chi connectivity index (χ4n) is 5.34. The Kier molecular flexibility index (Phi) is 7.90. The topological polar surface area (TPSA) is 63.7 Å². The molecule has 1 spiro atoms. The van der Waals surface area contributed by atoms with Crippen molar-refractivity contribution in [1.29, 1.82) is 0 Å². The van der Waals surface area contributed by atoms with Crippen LogP contribution in [0.15, 0.2) is 24.3 Å². The lowest BCUT2D eigenvalue weighted by molar-refractivity contribution is -0.140. The number of rotatable bonds is 9. The summed E-state index contributed by atoms with van der Waals surface area (Å²) in [7, 11) is 1.36. The summed E-state index contributed by atoms with van der Waals surface area (Å²) in [6.45, 7) is 5.39. The van der Waals surface area contributed by atoms with Gasteiger partial charge in [-0.2, -0.15) is 0 Å². The molecule has 0 aromatic heterocycles. The number of carbonyl (C=O) groups is 3. The summed E-state index contributed by atoms with van der Waals surface area (Å²) in [4.78, 5) is 38.3. The van der Waals surface area contributed by atoms with Gasteiger partial charge in [-0.25, -0.2) is 0 Å². The van der Waals surface area contributed by atoms with E-state index in [0.717, 1.165) is 49.6 Å². The van der Waals surface area contributed by atoms with E-state index in [9.17, 15) is 14.4 Å². The van der Waals surface area contributed by atoms with E-state index in [2.05, 4.69) is 23.5 Å². The third kappa shape index (κ3) is 5.75. The Morgan fingerprint density at radius 2 is 1.77 bits per heavy atom. The number of ether oxygens (including phenoxy) is 1. The van der Waals surface area contributed by atoms with E-state index in [0.29, 0.717) is 30.7 Å². The fourth-order valence-corrected chi connectivity index (χ4v) is 5.34. The minimum atomic E-state index is -0.282. The van der Waals surface area contributed by atoms with E-state index in [1.54, 1.807) is 0 Å². The molecule has 5 nitrogen and oxygen atoms in total. The van der Waals surface area contributed by atoms with Crippen LogP contribution in [0.5, 0.6) is 0 Å². The quantitative estimate of drug-likeness (QED) is 0.413. The normalized spacial score (nSPS) is 23.5. The molecule has 1 saturated carbocycles. The number of methoxy groups -OCH3 is 1. The van der Waals surface area contributed by atoms with Gasteiger partial charge in [0, 0.05) is 36.9 Å². The zero-order valence-corrected chi connectivity index (χ0v) is 19.3. The number of hydrogen-bond donors (Lipinski definition) is 0. The minimum absolute atomic E-state index is 0.0473. The first kappa shape index (κ1) is 23.5. The Morgan fingerprint density at radius 1 is 1.10 bits per heavy atom. The Morgan fingerprint density at radius 3 is 2.39 bits per heavy atom. The smallest absolute Gasteiger partial charge is 0.305 e. The van der Waals surface area contributed by atoms with Crippen LogP contribution in [0.1, 0.15) is 87.6 Å². The molecule has 1 aliphatic heterocycles. The van der Waals surface area contributed by atoms with E-state index in [4.69, 9.17) is 0 Å². The number of carbonyl (C=O) groups excluding carboxylic acids is 3. The SMILES string of the molecule is COC(=O)CCCC(=O)c1ccc(CCN2C(=O)CCC23CCC(C(C)C)CC3)cc1. The summed E-state index contributed by atoms with van der Waals surface area (Å²) >= 11 is 0. The second-order valence-electron chi connectivity index (χ2n) is 9.65. The molecule has 0 atom stereocenters. The van der Waals surface area contributed by atoms with Crippen LogP contribution in [-0.4, -0.2) is 41.8 Å². The predicted octanol–water partition coefficient (Wildman–Crippen LogP) is 4.96. The molecule has 2 aliphatic rings. The molecule has 31 heavy (non-hydrogen) atoms. The average Bonchev–Trinajstić information content (AvgIpc) is 3.07. The summed E-state index contributed by atoms with van der Waals surface area (Å²) in [6.07, 6.45) is 8.37. The molecule has 0 unspecified atom stereocenters. The standard InChI is InChI=1S/C26H37NO4/c1-19(2)21-11-15-26(16-12-21)17-13-24(29)27(26)18-14-20-7-9-22(10-8-20)23(28)5-4-6-25(30)31-3/h7-10,19,21H,4-6,11-18H2,1-3H3. The number of nitrogens with zero attached hydrogens (tertiary/aromatic N) is 1. The van der Waals surface area contributed by atoms with Crippen LogP contribution in [0.25, 0.3) is 0 Å². The van der Waals surface area contributed by atoms with Crippen LogP contribution in [-0.2, 0) is 20.7 Å². The van der Waals surface area contributed by atoms with Gasteiger partial charge in [0.1, 0.15) is 0 Å². The van der Waals surface area contributed by atoms with Gasteiger partial charge < -0.3 is 9.64 Å². The number of esters is 1. The van der Waals surface area contributed by atoms with E-state index in [1.807, 2.05) is 24.3 Å². The van der Waals surface area contributed by atoms with Crippen molar-refractivity contribution in [3.05, 3.63) is 35.4 Å². The summed E-state index contributed by atoms with van der Waals surface area (Å²) in [6, 6.07) is 7.73. The largest absolute Gasteiger partial charge is 0.469 e. The Hall–Kier alpha value is -2.17. The molecule has 1 saturated heterocycles. The Balaban J connectivity index is 1.52. The average molecular weight is 428 g/mol. The molecule has 2 fully saturated rings. The maximum atomic E-state index is 12.6. The van der Waals surface area contributed by atoms with Crippen molar-refractivity contribution in [1.82, 2.24) is 4.90 Å². The van der Waals surface area contributed by atoms with Crippen LogP contribution in [0.2, 0.25) is 0 Å². The van der Waals surface area contributed by atoms with Crippen molar-refractivity contribution in [2.24, 2.45) is 11.8 Å². The summed E-state index contributed by atoms with van der Waals surface area (Å²) < 4.78 is 4.61. The number of Topliss-reactive ketones (excluding diaryl/α,β-unsaturated/α-hetero) is 1. The zero-order valence-electron chi connectivity index (χ0n) is 19.3. The highest BCUT2D eigenvalue weighted by Gasteiger charge is 2.46. The van der Waals surface area contributed by atoms with Gasteiger partial charge in [0.25, 0.3) is 0 Å². The minimum Gasteiger partial charge on any atom is -0.469 e. The lowest BCUT2D eigenvalue weighted by Gasteiger charge is -2.44. The van der Waals surface area contributed by atoms with Gasteiger partial charge in [-0.05, 0) is 62.3 Å². The van der Waals surface area contributed by atoms with Crippen LogP contribution in [0.3, 0.4) is 0 Å². The Labute approximate surface area is 186 Å². The van der Waals surface area contributed by atoms with E-state index >= 15 is 0 Å². The van der Waals surface area contributed by atoms with Gasteiger partial charge in [-0.1, -0.05) is 38.1 Å². The van der Waals surface area contributed by atoms with Crippen molar-refractivity contribution in [2.45, 2.75) is 83.6 Å². The van der Waals surface area contributed by atoms with Crippen LogP contribution in [0.4, 0.5) is 0 Å². The van der Waals surface area contributed by atoms with Crippen molar-refractivity contribution in [2.75, 3.05) is 13.7 Å². The molecule has 1 aliphatic carbocycles. The monoisotopic (exact) mass is 427 g/mol. The number of ketones is 1. The van der Waals surface area contributed by atoms with Gasteiger partial charge in [0.05, 0.1) is 7.11 Å². The molecule has 170 valence electrons. The molecule has 1 heterocycles. The fraction of sp³-hybridized carbons (Fsp3) is 0.654. The van der Waals surface area contributed by atoms with Crippen LogP contribution < -0.4 is 0 Å². The third-order valence-corrected chi connectivity index (χ3v) is 7.49. The maximum Gasteiger partial charge on any atom is 0.305 e. The molecule has 5 heteroatoms. The van der Waals surface area contributed by atoms with Gasteiger partial charge in [-0.15, -0.1) is 0 Å². The number of benzene rings is 1. The molecule has 0 N–H and O–H groups in total. The van der Waals surface area contributed by atoms with E-state index in [1.165, 1.54) is 20.0 Å². The third-order valence-electron chi connectivity index (χ3n) is 7.49. The van der Waals surface area contributed by atoms with E-state index < -0.39 is 0 Å². The number of likely N-dealkylation sites (tertiary alicyclic amines) is 1. The van der Waals surface area contributed by atoms with E-state index in [-0.39, 0.29) is 23.7 Å². The first-order valence-electron chi connectivity index (χ1n) is 11.8. The lowest BCUT2D eigenvalue weighted by Crippen LogP contribution is -2.49. The predicted molar refractivity (Wildman–Crippen MR) is 121 cm³/mol. The second kappa shape index (κ2) is 10.4. The summed E-state index contributed by atoms with van der Waals surface area (Å²) in [5.41, 5.74) is 1.91. The second-order valence-corrected chi connectivity index (χ2v) is 9.65. The molecule has 0 bridgehead atoms. The first-order valence-corrected chi connectivity index (χ1v) is 11.8. The highest BCUT2D eigenvalue weighted by Crippen LogP contribution is 2.45. The number of hydrogen-bond acceptors (Lipinski definition) is 4. The highest BCUT2D eigenvalue weighted by atomic mass is 16.5. The van der Waals surface area contributed by atoms with Gasteiger partial charge in [0.15, 0.2) is 5.78 Å². The Bertz CT molecular complexity index is 775. The van der Waals surface area contributed by atoms with Gasteiger partial charge >= 0.3 is 5.97 Å². The highest BCUT2D eigenvalue weighted by molar-refractivity contribution is 5.96. The molecular formula is C26H37NO4. The summed E-state index contributed by atoms with van der Waals surface area (Å²) in [5, 5.41) is 0. The lowest BCUT2D eigenvalue weighted by atomic mass is 9.71. The van der Waals surface area contributed by atoms with Crippen molar-refractivity contribution >= 4 is 17.7 Å². The summed E-state index contributed by atoms with van der Waals surface area (Å²) in [5.74, 6) is 1.59. The van der Waals surface area contributed by atoms with Crippen molar-refractivity contribution < 1.29 is 19.1 Å². The molecule has 1 aromatic rings. The van der Waals surface area contributed by atoms with Crippen molar-refractivity contribution in [3.8, 4) is 0 Å². The first-order chi connectivity index (χ1) is 14.8. The number of amides is 1. The molecule has 1 aromatic carbocycles.